The van der Waals surface area contributed by atoms with Crippen molar-refractivity contribution in [3.8, 4) is 11.3 Å². The second-order valence-electron chi connectivity index (χ2n) is 4.52. The molecule has 108 valence electrons. The van der Waals surface area contributed by atoms with Gasteiger partial charge in [-0.05, 0) is 25.1 Å². The number of H-pyrrole nitrogens is 2. The van der Waals surface area contributed by atoms with Crippen molar-refractivity contribution in [3.63, 3.8) is 0 Å². The lowest BCUT2D eigenvalue weighted by Gasteiger charge is -2.08. The number of aryl methyl sites for hydroxylation is 1. The number of hydrogen-bond donors (Lipinski definition) is 3. The Morgan fingerprint density at radius 1 is 1.14 bits per heavy atom. The SMILES string of the molecule is Cc1[nH]ncc1S(=O)(=O)Nc1cccc(-c2ccn[nH]2)c1. The van der Waals surface area contributed by atoms with Crippen molar-refractivity contribution in [2.24, 2.45) is 0 Å². The number of nitrogens with one attached hydrogen (secondary N) is 3. The Kier molecular flexibility index (Phi) is 3.22. The van der Waals surface area contributed by atoms with Crippen LogP contribution in [0.2, 0.25) is 0 Å². The smallest absolute Gasteiger partial charge is 0.265 e. The number of rotatable bonds is 4. The minimum Gasteiger partial charge on any atom is -0.281 e. The third-order valence-corrected chi connectivity index (χ3v) is 4.49. The zero-order valence-electron chi connectivity index (χ0n) is 11.2. The summed E-state index contributed by atoms with van der Waals surface area (Å²) in [4.78, 5) is 0.134. The zero-order valence-corrected chi connectivity index (χ0v) is 12.0. The fourth-order valence-electron chi connectivity index (χ4n) is 1.99. The van der Waals surface area contributed by atoms with Gasteiger partial charge in [-0.1, -0.05) is 12.1 Å². The van der Waals surface area contributed by atoms with Crippen LogP contribution in [0.25, 0.3) is 11.3 Å². The van der Waals surface area contributed by atoms with Crippen molar-refractivity contribution in [3.05, 3.63) is 48.4 Å². The molecule has 2 aromatic heterocycles. The maximum absolute atomic E-state index is 12.3. The molecule has 3 aromatic rings. The largest absolute Gasteiger partial charge is 0.281 e. The maximum atomic E-state index is 12.3. The first-order valence-corrected chi connectivity index (χ1v) is 7.67. The fourth-order valence-corrected chi connectivity index (χ4v) is 3.18. The molecule has 0 aliphatic heterocycles. The first-order chi connectivity index (χ1) is 10.1. The van der Waals surface area contributed by atoms with Gasteiger partial charge in [0, 0.05) is 17.4 Å². The van der Waals surface area contributed by atoms with E-state index < -0.39 is 10.0 Å². The molecular weight excluding hydrogens is 290 g/mol. The molecule has 0 radical (unpaired) electrons. The number of anilines is 1. The Balaban J connectivity index is 1.92. The average molecular weight is 303 g/mol. The molecule has 0 amide bonds. The summed E-state index contributed by atoms with van der Waals surface area (Å²) in [5.74, 6) is 0. The van der Waals surface area contributed by atoms with Gasteiger partial charge in [-0.2, -0.15) is 10.2 Å². The minimum atomic E-state index is -3.66. The number of aromatic amines is 2. The van der Waals surface area contributed by atoms with Crippen LogP contribution in [0.4, 0.5) is 5.69 Å². The second-order valence-corrected chi connectivity index (χ2v) is 6.17. The Morgan fingerprint density at radius 2 is 2.00 bits per heavy atom. The summed E-state index contributed by atoms with van der Waals surface area (Å²) < 4.78 is 27.1. The predicted octanol–water partition coefficient (Wildman–Crippen LogP) is 1.91. The Morgan fingerprint density at radius 3 is 2.67 bits per heavy atom. The van der Waals surface area contributed by atoms with Crippen molar-refractivity contribution in [2.45, 2.75) is 11.8 Å². The van der Waals surface area contributed by atoms with Crippen molar-refractivity contribution in [1.82, 2.24) is 20.4 Å². The lowest BCUT2D eigenvalue weighted by molar-refractivity contribution is 0.600. The van der Waals surface area contributed by atoms with Crippen LogP contribution in [0.3, 0.4) is 0 Å². The van der Waals surface area contributed by atoms with E-state index in [1.165, 1.54) is 6.20 Å². The first-order valence-electron chi connectivity index (χ1n) is 6.19. The van der Waals surface area contributed by atoms with E-state index in [0.29, 0.717) is 11.4 Å². The van der Waals surface area contributed by atoms with Gasteiger partial charge in [0.15, 0.2) is 0 Å². The number of aromatic nitrogens is 4. The molecule has 3 rings (SSSR count). The molecule has 0 aliphatic carbocycles. The Labute approximate surface area is 121 Å². The number of nitrogens with zero attached hydrogens (tertiary/aromatic N) is 2. The van der Waals surface area contributed by atoms with Crippen LogP contribution < -0.4 is 4.72 Å². The third-order valence-electron chi connectivity index (χ3n) is 3.00. The summed E-state index contributed by atoms with van der Waals surface area (Å²) in [5.41, 5.74) is 2.63. The van der Waals surface area contributed by atoms with Crippen LogP contribution in [-0.2, 0) is 10.0 Å². The molecule has 2 heterocycles. The quantitative estimate of drug-likeness (QED) is 0.685. The van der Waals surface area contributed by atoms with Crippen LogP contribution in [0.5, 0.6) is 0 Å². The zero-order chi connectivity index (χ0) is 14.9. The van der Waals surface area contributed by atoms with Gasteiger partial charge in [0.1, 0.15) is 4.90 Å². The molecular formula is C13H13N5O2S. The van der Waals surface area contributed by atoms with E-state index in [2.05, 4.69) is 25.1 Å². The fraction of sp³-hybridized carbons (Fsp3) is 0.0769. The summed E-state index contributed by atoms with van der Waals surface area (Å²) in [6, 6.07) is 8.88. The van der Waals surface area contributed by atoms with E-state index in [1.54, 1.807) is 31.3 Å². The van der Waals surface area contributed by atoms with E-state index in [9.17, 15) is 8.42 Å². The van der Waals surface area contributed by atoms with Crippen molar-refractivity contribution in [1.29, 1.82) is 0 Å². The van der Waals surface area contributed by atoms with Crippen LogP contribution >= 0.6 is 0 Å². The molecule has 0 bridgehead atoms. The molecule has 7 nitrogen and oxygen atoms in total. The van der Waals surface area contributed by atoms with Crippen LogP contribution in [-0.4, -0.2) is 28.8 Å². The van der Waals surface area contributed by atoms with Crippen LogP contribution in [0.15, 0.2) is 47.6 Å². The summed E-state index contributed by atoms with van der Waals surface area (Å²) in [6.07, 6.45) is 2.93. The van der Waals surface area contributed by atoms with E-state index in [-0.39, 0.29) is 4.90 Å². The molecule has 8 heteroatoms. The van der Waals surface area contributed by atoms with Gasteiger partial charge < -0.3 is 0 Å². The predicted molar refractivity (Wildman–Crippen MR) is 78.2 cm³/mol. The number of sulfonamides is 1. The van der Waals surface area contributed by atoms with Gasteiger partial charge in [-0.3, -0.25) is 14.9 Å². The van der Waals surface area contributed by atoms with E-state index >= 15 is 0 Å². The van der Waals surface area contributed by atoms with E-state index in [4.69, 9.17) is 0 Å². The summed E-state index contributed by atoms with van der Waals surface area (Å²) in [7, 11) is -3.66. The molecule has 21 heavy (non-hydrogen) atoms. The van der Waals surface area contributed by atoms with Gasteiger partial charge in [-0.15, -0.1) is 0 Å². The maximum Gasteiger partial charge on any atom is 0.265 e. The molecule has 0 aliphatic rings. The minimum absolute atomic E-state index is 0.134. The second kappa shape index (κ2) is 5.06. The van der Waals surface area contributed by atoms with Gasteiger partial charge in [0.05, 0.1) is 17.6 Å². The molecule has 0 spiro atoms. The van der Waals surface area contributed by atoms with E-state index in [0.717, 1.165) is 11.3 Å². The highest BCUT2D eigenvalue weighted by Crippen LogP contribution is 2.23. The molecule has 1 aromatic carbocycles. The van der Waals surface area contributed by atoms with Gasteiger partial charge in [0.2, 0.25) is 0 Å². The molecule has 3 N–H and O–H groups in total. The lowest BCUT2D eigenvalue weighted by Crippen LogP contribution is -2.13. The highest BCUT2D eigenvalue weighted by Gasteiger charge is 2.18. The third kappa shape index (κ3) is 2.65. The van der Waals surface area contributed by atoms with Gasteiger partial charge in [0.25, 0.3) is 10.0 Å². The normalized spacial score (nSPS) is 11.5. The van der Waals surface area contributed by atoms with Crippen molar-refractivity contribution < 1.29 is 8.42 Å². The molecule has 0 atom stereocenters. The summed E-state index contributed by atoms with van der Waals surface area (Å²) in [5, 5.41) is 13.1. The van der Waals surface area contributed by atoms with Crippen LogP contribution in [0.1, 0.15) is 5.69 Å². The summed E-state index contributed by atoms with van der Waals surface area (Å²) >= 11 is 0. The number of hydrogen-bond acceptors (Lipinski definition) is 4. The average Bonchev–Trinajstić information content (AvgIpc) is 3.09. The highest BCUT2D eigenvalue weighted by molar-refractivity contribution is 7.92. The Bertz CT molecular complexity index is 852. The summed E-state index contributed by atoms with van der Waals surface area (Å²) in [6.45, 7) is 1.66. The highest BCUT2D eigenvalue weighted by atomic mass is 32.2. The standard InChI is InChI=1S/C13H13N5O2S/c1-9-13(8-15-16-9)21(19,20)18-11-4-2-3-10(7-11)12-5-6-14-17-12/h2-8,18H,1H3,(H,14,17)(H,15,16). The first kappa shape index (κ1) is 13.4. The lowest BCUT2D eigenvalue weighted by atomic mass is 10.1. The molecule has 0 fully saturated rings. The van der Waals surface area contributed by atoms with Gasteiger partial charge >= 0.3 is 0 Å². The van der Waals surface area contributed by atoms with Crippen molar-refractivity contribution >= 4 is 15.7 Å². The Hall–Kier alpha value is -2.61. The van der Waals surface area contributed by atoms with E-state index in [1.807, 2.05) is 12.1 Å². The molecule has 0 saturated carbocycles. The van der Waals surface area contributed by atoms with Gasteiger partial charge in [-0.25, -0.2) is 8.42 Å². The molecule has 0 unspecified atom stereocenters. The monoisotopic (exact) mass is 303 g/mol. The van der Waals surface area contributed by atoms with Crippen LogP contribution in [0, 0.1) is 6.92 Å². The topological polar surface area (TPSA) is 104 Å². The molecule has 0 saturated heterocycles. The number of benzene rings is 1. The van der Waals surface area contributed by atoms with Crippen molar-refractivity contribution in [2.75, 3.05) is 4.72 Å².